The summed E-state index contributed by atoms with van der Waals surface area (Å²) in [4.78, 5) is 26.9. The number of piperazine rings is 1. The lowest BCUT2D eigenvalue weighted by Crippen LogP contribution is -2.47. The van der Waals surface area contributed by atoms with Gasteiger partial charge < -0.3 is 14.4 Å². The SMILES string of the molecule is Cn1cnc2ncnc(N3CCN(c4cnc5ccccc5n4)CC3)c21. The molecule has 0 unspecified atom stereocenters. The molecule has 4 heterocycles. The van der Waals surface area contributed by atoms with Gasteiger partial charge in [0.1, 0.15) is 17.7 Å². The number of hydrogen-bond acceptors (Lipinski definition) is 7. The Kier molecular flexibility index (Phi) is 3.41. The van der Waals surface area contributed by atoms with Gasteiger partial charge in [-0.25, -0.2) is 19.9 Å². The molecule has 1 aliphatic heterocycles. The van der Waals surface area contributed by atoms with E-state index >= 15 is 0 Å². The number of benzene rings is 1. The zero-order chi connectivity index (χ0) is 17.5. The lowest BCUT2D eigenvalue weighted by atomic mass is 10.3. The molecule has 1 aromatic carbocycles. The number of para-hydroxylation sites is 2. The maximum atomic E-state index is 4.76. The van der Waals surface area contributed by atoms with E-state index in [9.17, 15) is 0 Å². The van der Waals surface area contributed by atoms with Crippen molar-refractivity contribution in [3.05, 3.63) is 43.1 Å². The van der Waals surface area contributed by atoms with Crippen LogP contribution in [-0.2, 0) is 7.05 Å². The largest absolute Gasteiger partial charge is 0.352 e. The molecule has 0 N–H and O–H groups in total. The van der Waals surface area contributed by atoms with E-state index < -0.39 is 0 Å². The first-order chi connectivity index (χ1) is 12.8. The molecule has 0 saturated carbocycles. The second-order valence-corrected chi connectivity index (χ2v) is 6.42. The average molecular weight is 346 g/mol. The van der Waals surface area contributed by atoms with Crippen LogP contribution in [0.5, 0.6) is 0 Å². The summed E-state index contributed by atoms with van der Waals surface area (Å²) in [6.07, 6.45) is 5.23. The molecule has 8 heteroatoms. The number of rotatable bonds is 2. The van der Waals surface area contributed by atoms with Crippen molar-refractivity contribution in [2.24, 2.45) is 7.05 Å². The molecule has 3 aromatic heterocycles. The van der Waals surface area contributed by atoms with Crippen molar-refractivity contribution < 1.29 is 0 Å². The number of anilines is 2. The summed E-state index contributed by atoms with van der Waals surface area (Å²) >= 11 is 0. The van der Waals surface area contributed by atoms with Crippen molar-refractivity contribution in [2.75, 3.05) is 36.0 Å². The van der Waals surface area contributed by atoms with Crippen LogP contribution >= 0.6 is 0 Å². The van der Waals surface area contributed by atoms with Crippen LogP contribution in [0.3, 0.4) is 0 Å². The van der Waals surface area contributed by atoms with Gasteiger partial charge in [0.25, 0.3) is 0 Å². The van der Waals surface area contributed by atoms with Crippen LogP contribution in [0.2, 0.25) is 0 Å². The Balaban J connectivity index is 1.39. The Hall–Kier alpha value is -3.29. The maximum absolute atomic E-state index is 4.76. The Labute approximate surface area is 150 Å². The second-order valence-electron chi connectivity index (χ2n) is 6.42. The highest BCUT2D eigenvalue weighted by Crippen LogP contribution is 2.24. The molecule has 1 fully saturated rings. The topological polar surface area (TPSA) is 75.9 Å². The van der Waals surface area contributed by atoms with E-state index in [2.05, 4.69) is 29.7 Å². The van der Waals surface area contributed by atoms with Crippen molar-refractivity contribution in [3.63, 3.8) is 0 Å². The average Bonchev–Trinajstić information content (AvgIpc) is 3.09. The number of aromatic nitrogens is 6. The van der Waals surface area contributed by atoms with E-state index in [1.807, 2.05) is 42.1 Å². The molecule has 1 aliphatic rings. The fourth-order valence-corrected chi connectivity index (χ4v) is 3.45. The summed E-state index contributed by atoms with van der Waals surface area (Å²) in [7, 11) is 1.98. The van der Waals surface area contributed by atoms with Crippen LogP contribution < -0.4 is 9.80 Å². The van der Waals surface area contributed by atoms with Crippen LogP contribution in [0.15, 0.2) is 43.1 Å². The zero-order valence-electron chi connectivity index (χ0n) is 14.4. The van der Waals surface area contributed by atoms with Gasteiger partial charge >= 0.3 is 0 Å². The number of nitrogens with zero attached hydrogens (tertiary/aromatic N) is 8. The van der Waals surface area contributed by atoms with Crippen LogP contribution in [0, 0.1) is 0 Å². The van der Waals surface area contributed by atoms with Crippen molar-refractivity contribution >= 4 is 33.8 Å². The molecule has 0 spiro atoms. The first-order valence-electron chi connectivity index (χ1n) is 8.63. The molecule has 4 aromatic rings. The van der Waals surface area contributed by atoms with E-state index in [-0.39, 0.29) is 0 Å². The summed E-state index contributed by atoms with van der Waals surface area (Å²) in [5.41, 5.74) is 3.57. The Morgan fingerprint density at radius 3 is 2.46 bits per heavy atom. The van der Waals surface area contributed by atoms with Gasteiger partial charge in [-0.3, -0.25) is 4.98 Å². The third kappa shape index (κ3) is 2.42. The van der Waals surface area contributed by atoms with E-state index in [0.717, 1.165) is 60.0 Å². The smallest absolute Gasteiger partial charge is 0.182 e. The number of aryl methyl sites for hydroxylation is 1. The predicted octanol–water partition coefficient (Wildman–Crippen LogP) is 1.63. The molecular weight excluding hydrogens is 328 g/mol. The molecule has 0 radical (unpaired) electrons. The van der Waals surface area contributed by atoms with E-state index in [1.54, 1.807) is 12.7 Å². The van der Waals surface area contributed by atoms with Crippen molar-refractivity contribution in [1.29, 1.82) is 0 Å². The minimum absolute atomic E-state index is 0.736. The highest BCUT2D eigenvalue weighted by atomic mass is 15.3. The first-order valence-corrected chi connectivity index (χ1v) is 8.63. The molecule has 0 amide bonds. The fraction of sp³-hybridized carbons (Fsp3) is 0.278. The molecule has 8 nitrogen and oxygen atoms in total. The summed E-state index contributed by atoms with van der Waals surface area (Å²) < 4.78 is 1.98. The normalized spacial score (nSPS) is 15.1. The van der Waals surface area contributed by atoms with Gasteiger partial charge in [0, 0.05) is 33.2 Å². The van der Waals surface area contributed by atoms with Crippen molar-refractivity contribution in [1.82, 2.24) is 29.5 Å². The van der Waals surface area contributed by atoms with Crippen LogP contribution in [-0.4, -0.2) is 55.7 Å². The van der Waals surface area contributed by atoms with E-state index in [4.69, 9.17) is 4.98 Å². The van der Waals surface area contributed by atoms with Gasteiger partial charge in [-0.2, -0.15) is 0 Å². The van der Waals surface area contributed by atoms with E-state index in [0.29, 0.717) is 0 Å². The molecule has 0 aliphatic carbocycles. The first kappa shape index (κ1) is 15.0. The Bertz CT molecular complexity index is 1080. The minimum Gasteiger partial charge on any atom is -0.352 e. The minimum atomic E-state index is 0.736. The third-order valence-corrected chi connectivity index (χ3v) is 4.83. The lowest BCUT2D eigenvalue weighted by molar-refractivity contribution is 0.642. The van der Waals surface area contributed by atoms with Crippen LogP contribution in [0.4, 0.5) is 11.6 Å². The quantitative estimate of drug-likeness (QED) is 0.546. The molecule has 26 heavy (non-hydrogen) atoms. The molecular formula is C18H18N8. The van der Waals surface area contributed by atoms with Gasteiger partial charge in [0.2, 0.25) is 0 Å². The summed E-state index contributed by atoms with van der Waals surface area (Å²) in [5.74, 6) is 1.87. The summed E-state index contributed by atoms with van der Waals surface area (Å²) in [5, 5.41) is 0. The van der Waals surface area contributed by atoms with Gasteiger partial charge in [-0.15, -0.1) is 0 Å². The standard InChI is InChI=1S/C18H18N8/c1-24-12-22-17-16(24)18(21-11-20-17)26-8-6-25(7-9-26)15-10-19-13-4-2-3-5-14(13)23-15/h2-5,10-12H,6-9H2,1H3. The molecule has 1 saturated heterocycles. The molecule has 5 rings (SSSR count). The monoisotopic (exact) mass is 346 g/mol. The fourth-order valence-electron chi connectivity index (χ4n) is 3.45. The molecule has 130 valence electrons. The van der Waals surface area contributed by atoms with E-state index in [1.165, 1.54) is 0 Å². The van der Waals surface area contributed by atoms with Gasteiger partial charge in [0.15, 0.2) is 11.5 Å². The number of fused-ring (bicyclic) bond motifs is 2. The highest BCUT2D eigenvalue weighted by Gasteiger charge is 2.22. The lowest BCUT2D eigenvalue weighted by Gasteiger charge is -2.36. The third-order valence-electron chi connectivity index (χ3n) is 4.83. The van der Waals surface area contributed by atoms with Crippen LogP contribution in [0.1, 0.15) is 0 Å². The number of hydrogen-bond donors (Lipinski definition) is 0. The maximum Gasteiger partial charge on any atom is 0.182 e. The van der Waals surface area contributed by atoms with Gasteiger partial charge in [-0.1, -0.05) is 12.1 Å². The van der Waals surface area contributed by atoms with Gasteiger partial charge in [-0.05, 0) is 12.1 Å². The predicted molar refractivity (Wildman–Crippen MR) is 100 cm³/mol. The molecule has 0 atom stereocenters. The summed E-state index contributed by atoms with van der Waals surface area (Å²) in [6.45, 7) is 3.48. The highest BCUT2D eigenvalue weighted by molar-refractivity contribution is 5.83. The van der Waals surface area contributed by atoms with Crippen LogP contribution in [0.25, 0.3) is 22.2 Å². The molecule has 0 bridgehead atoms. The summed E-state index contributed by atoms with van der Waals surface area (Å²) in [6, 6.07) is 7.96. The Morgan fingerprint density at radius 2 is 1.62 bits per heavy atom. The van der Waals surface area contributed by atoms with Crippen molar-refractivity contribution in [3.8, 4) is 0 Å². The second kappa shape index (κ2) is 5.91. The van der Waals surface area contributed by atoms with Crippen molar-refractivity contribution in [2.45, 2.75) is 0 Å². The Morgan fingerprint density at radius 1 is 0.846 bits per heavy atom. The number of imidazole rings is 1. The van der Waals surface area contributed by atoms with Gasteiger partial charge in [0.05, 0.1) is 23.6 Å². The zero-order valence-corrected chi connectivity index (χ0v) is 14.4.